The lowest BCUT2D eigenvalue weighted by Gasteiger charge is -2.38. The first kappa shape index (κ1) is 27.7. The standard InChI is InChI=1S/C34H41N3O4/c1-23-6-4-7-28(30-8-5-9-31(35-30)37-15-13-34(3,22-37)33(38)39)32(23)41-21-25-18-24(2)29-20-36(14-10-26(29)19-25)27-11-16-40-17-12-27/h4-9,18-19,27H,10-17,20-22H2,1-3H3,(H,38,39)/t34-/m1/s1. The van der Waals surface area contributed by atoms with Crippen molar-refractivity contribution in [2.45, 2.75) is 65.6 Å². The van der Waals surface area contributed by atoms with Crippen molar-refractivity contribution in [3.63, 3.8) is 0 Å². The van der Waals surface area contributed by atoms with Crippen LogP contribution in [0.4, 0.5) is 5.82 Å². The fourth-order valence-electron chi connectivity index (χ4n) is 6.69. The van der Waals surface area contributed by atoms with Crippen LogP contribution in [-0.4, -0.2) is 59.8 Å². The summed E-state index contributed by atoms with van der Waals surface area (Å²) >= 11 is 0. The Labute approximate surface area is 243 Å². The van der Waals surface area contributed by atoms with Gasteiger partial charge in [-0.1, -0.05) is 30.3 Å². The molecule has 1 aromatic heterocycles. The van der Waals surface area contributed by atoms with Crippen molar-refractivity contribution in [3.8, 4) is 17.0 Å². The van der Waals surface area contributed by atoms with Gasteiger partial charge >= 0.3 is 5.97 Å². The number of carbonyl (C=O) groups is 1. The van der Waals surface area contributed by atoms with E-state index in [4.69, 9.17) is 14.5 Å². The number of ether oxygens (including phenoxy) is 2. The second kappa shape index (κ2) is 11.5. The lowest BCUT2D eigenvalue weighted by atomic mass is 9.90. The number of anilines is 1. The molecule has 41 heavy (non-hydrogen) atoms. The zero-order valence-electron chi connectivity index (χ0n) is 24.5. The molecule has 2 fully saturated rings. The first-order valence-corrected chi connectivity index (χ1v) is 14.9. The normalized spacial score (nSPS) is 21.6. The number of aromatic nitrogens is 1. The molecule has 4 heterocycles. The molecule has 0 saturated carbocycles. The molecule has 6 rings (SSSR count). The fourth-order valence-corrected chi connectivity index (χ4v) is 6.69. The van der Waals surface area contributed by atoms with Crippen LogP contribution in [0.2, 0.25) is 0 Å². The highest BCUT2D eigenvalue weighted by molar-refractivity contribution is 5.76. The first-order valence-electron chi connectivity index (χ1n) is 14.9. The van der Waals surface area contributed by atoms with E-state index in [0.29, 0.717) is 32.2 Å². The summed E-state index contributed by atoms with van der Waals surface area (Å²) in [5.41, 5.74) is 7.57. The molecule has 7 nitrogen and oxygen atoms in total. The summed E-state index contributed by atoms with van der Waals surface area (Å²) in [6, 6.07) is 17.4. The second-order valence-corrected chi connectivity index (χ2v) is 12.3. The summed E-state index contributed by atoms with van der Waals surface area (Å²) in [6.45, 7) is 11.7. The van der Waals surface area contributed by atoms with Gasteiger partial charge in [-0.15, -0.1) is 0 Å². The average Bonchev–Trinajstić information content (AvgIpc) is 3.40. The average molecular weight is 556 g/mol. The molecule has 216 valence electrons. The molecule has 3 aliphatic heterocycles. The van der Waals surface area contributed by atoms with Crippen LogP contribution in [-0.2, 0) is 29.1 Å². The van der Waals surface area contributed by atoms with E-state index in [0.717, 1.165) is 74.0 Å². The highest BCUT2D eigenvalue weighted by Gasteiger charge is 2.41. The van der Waals surface area contributed by atoms with Crippen LogP contribution in [0.15, 0.2) is 48.5 Å². The maximum Gasteiger partial charge on any atom is 0.311 e. The molecule has 0 bridgehead atoms. The van der Waals surface area contributed by atoms with Gasteiger partial charge in [0.25, 0.3) is 0 Å². The van der Waals surface area contributed by atoms with Crippen molar-refractivity contribution in [2.75, 3.05) is 37.7 Å². The van der Waals surface area contributed by atoms with E-state index in [2.05, 4.69) is 47.9 Å². The van der Waals surface area contributed by atoms with Crippen LogP contribution in [0, 0.1) is 19.3 Å². The fraction of sp³-hybridized carbons (Fsp3) is 0.471. The molecule has 2 saturated heterocycles. The zero-order chi connectivity index (χ0) is 28.6. The summed E-state index contributed by atoms with van der Waals surface area (Å²) in [5, 5.41) is 9.67. The number of carboxylic acids is 1. The van der Waals surface area contributed by atoms with Crippen LogP contribution in [0.1, 0.15) is 54.0 Å². The maximum atomic E-state index is 11.8. The number of hydrogen-bond acceptors (Lipinski definition) is 6. The van der Waals surface area contributed by atoms with Gasteiger partial charge in [0.05, 0.1) is 11.1 Å². The highest BCUT2D eigenvalue weighted by Crippen LogP contribution is 2.37. The Morgan fingerprint density at radius 2 is 1.90 bits per heavy atom. The first-order chi connectivity index (χ1) is 19.8. The molecule has 0 unspecified atom stereocenters. The largest absolute Gasteiger partial charge is 0.488 e. The topological polar surface area (TPSA) is 75.1 Å². The van der Waals surface area contributed by atoms with Gasteiger partial charge in [-0.25, -0.2) is 4.98 Å². The molecular weight excluding hydrogens is 514 g/mol. The van der Waals surface area contributed by atoms with E-state index in [1.165, 1.54) is 22.3 Å². The molecule has 2 aromatic carbocycles. The molecule has 0 spiro atoms. The number of benzene rings is 2. The van der Waals surface area contributed by atoms with Gasteiger partial charge < -0.3 is 19.5 Å². The Morgan fingerprint density at radius 3 is 2.68 bits per heavy atom. The summed E-state index contributed by atoms with van der Waals surface area (Å²) in [4.78, 5) is 21.5. The number of pyridine rings is 1. The third-order valence-electron chi connectivity index (χ3n) is 9.28. The van der Waals surface area contributed by atoms with E-state index in [-0.39, 0.29) is 0 Å². The third-order valence-corrected chi connectivity index (χ3v) is 9.28. The summed E-state index contributed by atoms with van der Waals surface area (Å²) in [6.07, 6.45) is 3.96. The monoisotopic (exact) mass is 555 g/mol. The van der Waals surface area contributed by atoms with Gasteiger partial charge in [0.15, 0.2) is 0 Å². The number of nitrogens with zero attached hydrogens (tertiary/aromatic N) is 3. The predicted octanol–water partition coefficient (Wildman–Crippen LogP) is 5.78. The summed E-state index contributed by atoms with van der Waals surface area (Å²) < 4.78 is 12.1. The molecule has 0 aliphatic carbocycles. The Hall–Kier alpha value is -3.42. The Bertz CT molecular complexity index is 1430. The number of hydrogen-bond donors (Lipinski definition) is 1. The lowest BCUT2D eigenvalue weighted by Crippen LogP contribution is -2.42. The van der Waals surface area contributed by atoms with Crippen LogP contribution >= 0.6 is 0 Å². The molecule has 1 N–H and O–H groups in total. The zero-order valence-corrected chi connectivity index (χ0v) is 24.5. The number of aryl methyl sites for hydroxylation is 2. The minimum atomic E-state index is -0.750. The van der Waals surface area contributed by atoms with Gasteiger partial charge in [0.1, 0.15) is 18.2 Å². The molecule has 3 aliphatic rings. The van der Waals surface area contributed by atoms with E-state index in [9.17, 15) is 9.90 Å². The van der Waals surface area contributed by atoms with Gasteiger partial charge in [0.2, 0.25) is 0 Å². The second-order valence-electron chi connectivity index (χ2n) is 12.3. The molecule has 0 amide bonds. The Balaban J connectivity index is 1.19. The quantitative estimate of drug-likeness (QED) is 0.396. The smallest absolute Gasteiger partial charge is 0.311 e. The Morgan fingerprint density at radius 1 is 1.10 bits per heavy atom. The lowest BCUT2D eigenvalue weighted by molar-refractivity contribution is -0.146. The number of aliphatic carboxylic acids is 1. The summed E-state index contributed by atoms with van der Waals surface area (Å²) in [5.74, 6) is 0.898. The minimum absolute atomic E-state index is 0.459. The Kier molecular flexibility index (Phi) is 7.75. The van der Waals surface area contributed by atoms with Crippen molar-refractivity contribution < 1.29 is 19.4 Å². The van der Waals surface area contributed by atoms with Crippen molar-refractivity contribution in [1.29, 1.82) is 0 Å². The van der Waals surface area contributed by atoms with E-state index in [1.54, 1.807) is 0 Å². The maximum absolute atomic E-state index is 11.8. The van der Waals surface area contributed by atoms with Crippen molar-refractivity contribution in [2.24, 2.45) is 5.41 Å². The van der Waals surface area contributed by atoms with E-state index >= 15 is 0 Å². The van der Waals surface area contributed by atoms with Crippen molar-refractivity contribution in [3.05, 3.63) is 76.3 Å². The van der Waals surface area contributed by atoms with Gasteiger partial charge in [0, 0.05) is 51.0 Å². The van der Waals surface area contributed by atoms with E-state index in [1.807, 2.05) is 31.2 Å². The van der Waals surface area contributed by atoms with Crippen molar-refractivity contribution in [1.82, 2.24) is 9.88 Å². The molecule has 1 atom stereocenters. The molecule has 0 radical (unpaired) electrons. The highest BCUT2D eigenvalue weighted by atomic mass is 16.5. The van der Waals surface area contributed by atoms with Crippen molar-refractivity contribution >= 4 is 11.8 Å². The van der Waals surface area contributed by atoms with E-state index < -0.39 is 11.4 Å². The van der Waals surface area contributed by atoms with Crippen LogP contribution in [0.3, 0.4) is 0 Å². The number of para-hydroxylation sites is 1. The SMILES string of the molecule is Cc1cc(COc2c(C)cccc2-c2cccc(N3CC[C@@](C)(C(=O)O)C3)n2)cc2c1CN(C1CCOCC1)CC2. The molecular formula is C34H41N3O4. The van der Waals surface area contributed by atoms with Gasteiger partial charge in [-0.3, -0.25) is 9.69 Å². The molecule has 7 heteroatoms. The van der Waals surface area contributed by atoms with Crippen LogP contribution in [0.5, 0.6) is 5.75 Å². The van der Waals surface area contributed by atoms with Crippen LogP contribution in [0.25, 0.3) is 11.3 Å². The van der Waals surface area contributed by atoms with Crippen LogP contribution < -0.4 is 9.64 Å². The van der Waals surface area contributed by atoms with Gasteiger partial charge in [-0.2, -0.15) is 0 Å². The third kappa shape index (κ3) is 5.70. The number of fused-ring (bicyclic) bond motifs is 1. The minimum Gasteiger partial charge on any atom is -0.488 e. The summed E-state index contributed by atoms with van der Waals surface area (Å²) in [7, 11) is 0. The van der Waals surface area contributed by atoms with Gasteiger partial charge in [-0.05, 0) is 92.5 Å². The number of rotatable bonds is 7. The predicted molar refractivity (Wildman–Crippen MR) is 160 cm³/mol. The number of carboxylic acid groups (broad SMARTS) is 1. The molecule has 3 aromatic rings.